The van der Waals surface area contributed by atoms with Crippen LogP contribution in [0.15, 0.2) is 59.1 Å². The minimum atomic E-state index is -0.0647. The highest BCUT2D eigenvalue weighted by atomic mass is 16.5. The number of nitrogens with zero attached hydrogens (tertiary/aromatic N) is 1. The molecule has 26 heavy (non-hydrogen) atoms. The van der Waals surface area contributed by atoms with Crippen molar-refractivity contribution < 1.29 is 14.0 Å². The van der Waals surface area contributed by atoms with E-state index < -0.39 is 0 Å². The van der Waals surface area contributed by atoms with Crippen molar-refractivity contribution >= 4 is 11.5 Å². The van der Waals surface area contributed by atoms with E-state index in [4.69, 9.17) is 14.0 Å². The van der Waals surface area contributed by atoms with E-state index in [1.54, 1.807) is 7.11 Å². The Hall–Kier alpha value is -2.95. The third-order valence-electron chi connectivity index (χ3n) is 3.92. The van der Waals surface area contributed by atoms with Crippen molar-refractivity contribution in [1.29, 1.82) is 0 Å². The van der Waals surface area contributed by atoms with E-state index in [9.17, 15) is 0 Å². The van der Waals surface area contributed by atoms with Crippen LogP contribution in [0.5, 0.6) is 11.5 Å². The third-order valence-corrected chi connectivity index (χ3v) is 3.92. The van der Waals surface area contributed by atoms with Crippen LogP contribution >= 0.6 is 0 Å². The monoisotopic (exact) mass is 352 g/mol. The Balaban J connectivity index is 1.59. The lowest BCUT2D eigenvalue weighted by Gasteiger charge is -2.12. The van der Waals surface area contributed by atoms with Gasteiger partial charge < -0.3 is 19.3 Å². The number of rotatable bonds is 6. The summed E-state index contributed by atoms with van der Waals surface area (Å²) in [6, 6.07) is 17.5. The Labute approximate surface area is 153 Å². The zero-order valence-corrected chi connectivity index (χ0v) is 15.6. The predicted molar refractivity (Wildman–Crippen MR) is 102 cm³/mol. The molecule has 0 radical (unpaired) electrons. The molecule has 0 spiro atoms. The van der Waals surface area contributed by atoms with Crippen molar-refractivity contribution in [2.75, 3.05) is 12.4 Å². The molecular weight excluding hydrogens is 328 g/mol. The summed E-state index contributed by atoms with van der Waals surface area (Å²) in [5, 5.41) is 7.30. The highest BCUT2D eigenvalue weighted by Gasteiger charge is 2.19. The summed E-state index contributed by atoms with van der Waals surface area (Å²) in [6.45, 7) is 6.76. The molecule has 0 atom stereocenters. The predicted octanol–water partition coefficient (Wildman–Crippen LogP) is 5.30. The second-order valence-corrected chi connectivity index (χ2v) is 7.12. The number of methoxy groups -OCH3 is 1. The highest BCUT2D eigenvalue weighted by Crippen LogP contribution is 2.26. The quantitative estimate of drug-likeness (QED) is 0.652. The maximum absolute atomic E-state index is 5.83. The Bertz CT molecular complexity index is 848. The molecule has 5 heteroatoms. The van der Waals surface area contributed by atoms with Crippen LogP contribution in [0.3, 0.4) is 0 Å². The lowest BCUT2D eigenvalue weighted by Crippen LogP contribution is -2.09. The summed E-state index contributed by atoms with van der Waals surface area (Å²) < 4.78 is 16.4. The van der Waals surface area contributed by atoms with Crippen LogP contribution in [0.2, 0.25) is 0 Å². The van der Waals surface area contributed by atoms with Gasteiger partial charge in [-0.3, -0.25) is 0 Å². The van der Waals surface area contributed by atoms with Gasteiger partial charge in [0.05, 0.1) is 7.11 Å². The molecule has 0 unspecified atom stereocenters. The molecular formula is C21H24N2O3. The average Bonchev–Trinajstić information content (AvgIpc) is 3.10. The van der Waals surface area contributed by atoms with E-state index in [2.05, 4.69) is 31.2 Å². The maximum Gasteiger partial charge on any atom is 0.174 e. The van der Waals surface area contributed by atoms with Crippen molar-refractivity contribution in [3.8, 4) is 11.5 Å². The number of hydrogen-bond acceptors (Lipinski definition) is 5. The second kappa shape index (κ2) is 7.52. The van der Waals surface area contributed by atoms with Crippen molar-refractivity contribution in [3.05, 3.63) is 65.9 Å². The van der Waals surface area contributed by atoms with E-state index in [0.29, 0.717) is 12.4 Å². The Kier molecular flexibility index (Phi) is 5.16. The zero-order chi connectivity index (χ0) is 18.6. The largest absolute Gasteiger partial charge is 0.497 e. The van der Waals surface area contributed by atoms with Gasteiger partial charge in [-0.15, -0.1) is 0 Å². The minimum Gasteiger partial charge on any atom is -0.497 e. The molecule has 0 aliphatic rings. The van der Waals surface area contributed by atoms with Gasteiger partial charge in [0, 0.05) is 17.2 Å². The smallest absolute Gasteiger partial charge is 0.174 e. The first-order valence-electron chi connectivity index (χ1n) is 8.54. The number of hydrogen-bond donors (Lipinski definition) is 1. The van der Waals surface area contributed by atoms with E-state index in [0.717, 1.165) is 28.5 Å². The number of aromatic nitrogens is 1. The fourth-order valence-corrected chi connectivity index (χ4v) is 2.40. The molecule has 0 bridgehead atoms. The summed E-state index contributed by atoms with van der Waals surface area (Å²) in [6.07, 6.45) is 0. The molecule has 0 aliphatic carbocycles. The zero-order valence-electron chi connectivity index (χ0n) is 15.6. The third kappa shape index (κ3) is 4.57. The summed E-state index contributed by atoms with van der Waals surface area (Å²) in [5.74, 6) is 3.17. The highest BCUT2D eigenvalue weighted by molar-refractivity contribution is 5.57. The molecule has 5 nitrogen and oxygen atoms in total. The van der Waals surface area contributed by atoms with Gasteiger partial charge >= 0.3 is 0 Å². The summed E-state index contributed by atoms with van der Waals surface area (Å²) in [4.78, 5) is 0. The summed E-state index contributed by atoms with van der Waals surface area (Å²) >= 11 is 0. The molecule has 1 heterocycles. The Morgan fingerprint density at radius 3 is 2.42 bits per heavy atom. The standard InChI is InChI=1S/C21H24N2O3/c1-21(2,3)19-13-20(23-26-19)22-16-8-10-17(11-9-16)25-14-15-6-5-7-18(12-15)24-4/h5-13H,14H2,1-4H3,(H,22,23). The summed E-state index contributed by atoms with van der Waals surface area (Å²) in [7, 11) is 1.66. The van der Waals surface area contributed by atoms with Crippen LogP contribution in [-0.2, 0) is 12.0 Å². The molecule has 136 valence electrons. The van der Waals surface area contributed by atoms with Crippen LogP contribution in [0, 0.1) is 0 Å². The second-order valence-electron chi connectivity index (χ2n) is 7.12. The van der Waals surface area contributed by atoms with Gasteiger partial charge in [0.25, 0.3) is 0 Å². The van der Waals surface area contributed by atoms with E-state index >= 15 is 0 Å². The molecule has 0 saturated heterocycles. The first-order chi connectivity index (χ1) is 12.4. The van der Waals surface area contributed by atoms with Crippen molar-refractivity contribution in [2.45, 2.75) is 32.8 Å². The molecule has 1 N–H and O–H groups in total. The summed E-state index contributed by atoms with van der Waals surface area (Å²) in [5.41, 5.74) is 1.92. The van der Waals surface area contributed by atoms with Gasteiger partial charge in [-0.2, -0.15) is 0 Å². The molecule has 0 saturated carbocycles. The van der Waals surface area contributed by atoms with Gasteiger partial charge in [0.2, 0.25) is 0 Å². The van der Waals surface area contributed by atoms with E-state index in [1.165, 1.54) is 0 Å². The topological polar surface area (TPSA) is 56.5 Å². The SMILES string of the molecule is COc1cccc(COc2ccc(Nc3cc(C(C)(C)C)on3)cc2)c1. The molecule has 0 aliphatic heterocycles. The Morgan fingerprint density at radius 2 is 1.77 bits per heavy atom. The van der Waals surface area contributed by atoms with Gasteiger partial charge in [0.1, 0.15) is 23.9 Å². The fourth-order valence-electron chi connectivity index (χ4n) is 2.40. The van der Waals surface area contributed by atoms with Gasteiger partial charge in [-0.05, 0) is 42.0 Å². The van der Waals surface area contributed by atoms with E-state index in [1.807, 2.05) is 54.6 Å². The molecule has 1 aromatic heterocycles. The maximum atomic E-state index is 5.83. The molecule has 3 aromatic rings. The average molecular weight is 352 g/mol. The van der Waals surface area contributed by atoms with Gasteiger partial charge in [0.15, 0.2) is 5.82 Å². The number of benzene rings is 2. The van der Waals surface area contributed by atoms with Crippen LogP contribution in [0.4, 0.5) is 11.5 Å². The van der Waals surface area contributed by atoms with Crippen molar-refractivity contribution in [3.63, 3.8) is 0 Å². The first kappa shape index (κ1) is 17.9. The Morgan fingerprint density at radius 1 is 1.00 bits per heavy atom. The first-order valence-corrected chi connectivity index (χ1v) is 8.54. The van der Waals surface area contributed by atoms with Gasteiger partial charge in [-0.1, -0.05) is 38.1 Å². The normalized spacial score (nSPS) is 11.2. The van der Waals surface area contributed by atoms with Crippen LogP contribution in [0.25, 0.3) is 0 Å². The molecule has 2 aromatic carbocycles. The molecule has 3 rings (SSSR count). The van der Waals surface area contributed by atoms with Crippen LogP contribution < -0.4 is 14.8 Å². The molecule has 0 fully saturated rings. The number of ether oxygens (including phenoxy) is 2. The van der Waals surface area contributed by atoms with E-state index in [-0.39, 0.29) is 5.41 Å². The van der Waals surface area contributed by atoms with Crippen LogP contribution in [0.1, 0.15) is 32.1 Å². The van der Waals surface area contributed by atoms with Crippen LogP contribution in [-0.4, -0.2) is 12.3 Å². The fraction of sp³-hybridized carbons (Fsp3) is 0.286. The molecule has 0 amide bonds. The lowest BCUT2D eigenvalue weighted by atomic mass is 9.93. The number of anilines is 2. The van der Waals surface area contributed by atoms with Crippen molar-refractivity contribution in [2.24, 2.45) is 0 Å². The number of nitrogens with one attached hydrogen (secondary N) is 1. The minimum absolute atomic E-state index is 0.0647. The lowest BCUT2D eigenvalue weighted by molar-refractivity contribution is 0.305. The van der Waals surface area contributed by atoms with Crippen molar-refractivity contribution in [1.82, 2.24) is 5.16 Å². The van der Waals surface area contributed by atoms with Gasteiger partial charge in [-0.25, -0.2) is 0 Å².